The van der Waals surface area contributed by atoms with Gasteiger partial charge in [0.05, 0.1) is 13.7 Å². The van der Waals surface area contributed by atoms with Gasteiger partial charge in [0.15, 0.2) is 0 Å². The first-order chi connectivity index (χ1) is 14.6. The van der Waals surface area contributed by atoms with Crippen molar-refractivity contribution < 1.29 is 19.1 Å². The van der Waals surface area contributed by atoms with Crippen LogP contribution in [0, 0.1) is 0 Å². The number of hydrogen-bond acceptors (Lipinski definition) is 4. The van der Waals surface area contributed by atoms with Crippen LogP contribution in [0.15, 0.2) is 54.6 Å². The van der Waals surface area contributed by atoms with Crippen LogP contribution in [0.2, 0.25) is 0 Å². The second-order valence-electron chi connectivity index (χ2n) is 7.11. The number of ether oxygens (including phenoxy) is 2. The van der Waals surface area contributed by atoms with Crippen LogP contribution in [-0.4, -0.2) is 50.1 Å². The Hall–Kier alpha value is -2.86. The van der Waals surface area contributed by atoms with Gasteiger partial charge in [-0.05, 0) is 29.7 Å². The molecule has 0 aromatic heterocycles. The van der Waals surface area contributed by atoms with Gasteiger partial charge in [0.1, 0.15) is 11.8 Å². The summed E-state index contributed by atoms with van der Waals surface area (Å²) in [4.78, 5) is 27.8. The van der Waals surface area contributed by atoms with Crippen molar-refractivity contribution in [3.8, 4) is 5.75 Å². The lowest BCUT2D eigenvalue weighted by Gasteiger charge is -2.31. The van der Waals surface area contributed by atoms with Crippen molar-refractivity contribution in [1.82, 2.24) is 10.2 Å². The van der Waals surface area contributed by atoms with Crippen LogP contribution in [0.1, 0.15) is 30.9 Å². The van der Waals surface area contributed by atoms with E-state index in [2.05, 4.69) is 5.32 Å². The molecule has 1 unspecified atom stereocenters. The molecule has 1 atom stereocenters. The molecule has 0 bridgehead atoms. The molecule has 0 aliphatic heterocycles. The summed E-state index contributed by atoms with van der Waals surface area (Å²) in [5.74, 6) is 0.549. The van der Waals surface area contributed by atoms with E-state index in [1.54, 1.807) is 19.1 Å². The van der Waals surface area contributed by atoms with Crippen molar-refractivity contribution in [3.05, 3.63) is 65.7 Å². The zero-order chi connectivity index (χ0) is 21.8. The zero-order valence-corrected chi connectivity index (χ0v) is 18.1. The molecule has 0 radical (unpaired) electrons. The average molecular weight is 413 g/mol. The van der Waals surface area contributed by atoms with Crippen molar-refractivity contribution in [2.24, 2.45) is 0 Å². The molecule has 0 fully saturated rings. The Kier molecular flexibility index (Phi) is 9.87. The summed E-state index contributed by atoms with van der Waals surface area (Å²) in [6.45, 7) is 3.15. The number of hydrogen-bond donors (Lipinski definition) is 1. The van der Waals surface area contributed by atoms with Crippen molar-refractivity contribution in [1.29, 1.82) is 0 Å². The van der Waals surface area contributed by atoms with Crippen LogP contribution >= 0.6 is 0 Å². The van der Waals surface area contributed by atoms with Crippen LogP contribution in [0.25, 0.3) is 0 Å². The molecular formula is C24H32N2O4. The van der Waals surface area contributed by atoms with Crippen LogP contribution in [0.5, 0.6) is 5.75 Å². The molecular weight excluding hydrogens is 380 g/mol. The normalized spacial score (nSPS) is 11.6. The maximum Gasteiger partial charge on any atom is 0.243 e. The second kappa shape index (κ2) is 12.6. The van der Waals surface area contributed by atoms with Gasteiger partial charge in [0.2, 0.25) is 11.8 Å². The van der Waals surface area contributed by atoms with Crippen LogP contribution in [-0.2, 0) is 27.3 Å². The fraction of sp³-hybridized carbons (Fsp3) is 0.417. The molecule has 6 heteroatoms. The van der Waals surface area contributed by atoms with E-state index in [4.69, 9.17) is 9.47 Å². The lowest BCUT2D eigenvalue weighted by Crippen LogP contribution is -2.51. The van der Waals surface area contributed by atoms with E-state index in [1.807, 2.05) is 61.5 Å². The third-order valence-corrected chi connectivity index (χ3v) is 4.85. The highest BCUT2D eigenvalue weighted by Gasteiger charge is 2.29. The molecule has 162 valence electrons. The molecule has 2 rings (SSSR count). The van der Waals surface area contributed by atoms with E-state index in [0.717, 1.165) is 23.3 Å². The highest BCUT2D eigenvalue weighted by Crippen LogP contribution is 2.18. The molecule has 0 saturated carbocycles. The van der Waals surface area contributed by atoms with E-state index < -0.39 is 6.04 Å². The Morgan fingerprint density at radius 1 is 1.00 bits per heavy atom. The topological polar surface area (TPSA) is 67.9 Å². The first-order valence-electron chi connectivity index (χ1n) is 10.3. The Labute approximate surface area is 179 Å². The first-order valence-corrected chi connectivity index (χ1v) is 10.3. The monoisotopic (exact) mass is 412 g/mol. The summed E-state index contributed by atoms with van der Waals surface area (Å²) < 4.78 is 10.3. The van der Waals surface area contributed by atoms with Crippen LogP contribution < -0.4 is 10.1 Å². The molecule has 2 aromatic rings. The summed E-state index contributed by atoms with van der Waals surface area (Å²) in [6.07, 6.45) is 1.57. The number of nitrogens with zero attached hydrogens (tertiary/aromatic N) is 1. The van der Waals surface area contributed by atoms with Crippen molar-refractivity contribution in [2.75, 3.05) is 27.4 Å². The predicted octanol–water partition coefficient (Wildman–Crippen LogP) is 3.20. The quantitative estimate of drug-likeness (QED) is 0.544. The summed E-state index contributed by atoms with van der Waals surface area (Å²) in [6, 6.07) is 16.7. The number of methoxy groups -OCH3 is 2. The van der Waals surface area contributed by atoms with Gasteiger partial charge in [0, 0.05) is 33.0 Å². The van der Waals surface area contributed by atoms with Gasteiger partial charge in [-0.1, -0.05) is 49.4 Å². The van der Waals surface area contributed by atoms with Gasteiger partial charge in [0.25, 0.3) is 0 Å². The molecule has 0 heterocycles. The summed E-state index contributed by atoms with van der Waals surface area (Å²) in [7, 11) is 3.21. The fourth-order valence-corrected chi connectivity index (χ4v) is 3.23. The molecule has 2 aromatic carbocycles. The zero-order valence-electron chi connectivity index (χ0n) is 18.1. The number of amides is 2. The highest BCUT2D eigenvalue weighted by atomic mass is 16.5. The van der Waals surface area contributed by atoms with Crippen molar-refractivity contribution in [3.63, 3.8) is 0 Å². The second-order valence-corrected chi connectivity index (χ2v) is 7.11. The Bertz CT molecular complexity index is 778. The van der Waals surface area contributed by atoms with Gasteiger partial charge in [-0.2, -0.15) is 0 Å². The SMILES string of the molecule is CCCC(=O)N(Cc1ccc(OC)cc1)C(Cc1ccccc1)C(=O)NCCOC. The van der Waals surface area contributed by atoms with E-state index in [0.29, 0.717) is 32.5 Å². The van der Waals surface area contributed by atoms with Gasteiger partial charge in [-0.3, -0.25) is 9.59 Å². The summed E-state index contributed by atoms with van der Waals surface area (Å²) >= 11 is 0. The molecule has 6 nitrogen and oxygen atoms in total. The minimum absolute atomic E-state index is 0.0314. The first kappa shape index (κ1) is 23.4. The average Bonchev–Trinajstić information content (AvgIpc) is 2.77. The van der Waals surface area contributed by atoms with E-state index in [1.165, 1.54) is 0 Å². The van der Waals surface area contributed by atoms with Crippen LogP contribution in [0.3, 0.4) is 0 Å². The molecule has 2 amide bonds. The number of carbonyl (C=O) groups excluding carboxylic acids is 2. The molecule has 0 aliphatic rings. The van der Waals surface area contributed by atoms with Gasteiger partial charge in [-0.25, -0.2) is 0 Å². The minimum atomic E-state index is -0.606. The molecule has 0 aliphatic carbocycles. The molecule has 0 spiro atoms. The Balaban J connectivity index is 2.30. The lowest BCUT2D eigenvalue weighted by atomic mass is 10.0. The summed E-state index contributed by atoms with van der Waals surface area (Å²) in [5.41, 5.74) is 1.96. The minimum Gasteiger partial charge on any atom is -0.497 e. The van der Waals surface area contributed by atoms with Crippen molar-refractivity contribution >= 4 is 11.8 Å². The standard InChI is InChI=1S/C24H32N2O4/c1-4-8-23(27)26(18-20-11-13-21(30-3)14-12-20)22(24(28)25-15-16-29-2)17-19-9-6-5-7-10-19/h5-7,9-14,22H,4,8,15-18H2,1-3H3,(H,25,28). The molecule has 1 N–H and O–H groups in total. The number of carbonyl (C=O) groups is 2. The highest BCUT2D eigenvalue weighted by molar-refractivity contribution is 5.88. The number of nitrogens with one attached hydrogen (secondary N) is 1. The Morgan fingerprint density at radius 3 is 2.30 bits per heavy atom. The maximum atomic E-state index is 13.1. The van der Waals surface area contributed by atoms with Gasteiger partial charge in [-0.15, -0.1) is 0 Å². The largest absolute Gasteiger partial charge is 0.497 e. The van der Waals surface area contributed by atoms with Gasteiger partial charge >= 0.3 is 0 Å². The molecule has 0 saturated heterocycles. The molecule has 30 heavy (non-hydrogen) atoms. The number of benzene rings is 2. The fourth-order valence-electron chi connectivity index (χ4n) is 3.23. The van der Waals surface area contributed by atoms with Gasteiger partial charge < -0.3 is 19.7 Å². The lowest BCUT2D eigenvalue weighted by molar-refractivity contribution is -0.141. The van der Waals surface area contributed by atoms with E-state index >= 15 is 0 Å². The third kappa shape index (κ3) is 7.19. The number of rotatable bonds is 12. The maximum absolute atomic E-state index is 13.1. The van der Waals surface area contributed by atoms with E-state index in [9.17, 15) is 9.59 Å². The third-order valence-electron chi connectivity index (χ3n) is 4.85. The summed E-state index contributed by atoms with van der Waals surface area (Å²) in [5, 5.41) is 2.91. The van der Waals surface area contributed by atoms with Crippen LogP contribution in [0.4, 0.5) is 0 Å². The Morgan fingerprint density at radius 2 is 1.70 bits per heavy atom. The van der Waals surface area contributed by atoms with E-state index in [-0.39, 0.29) is 11.8 Å². The van der Waals surface area contributed by atoms with Crippen molar-refractivity contribution in [2.45, 2.75) is 38.8 Å². The predicted molar refractivity (Wildman–Crippen MR) is 117 cm³/mol. The smallest absolute Gasteiger partial charge is 0.243 e.